The summed E-state index contributed by atoms with van der Waals surface area (Å²) in [7, 11) is 0.486. The Morgan fingerprint density at radius 2 is 1.17 bits per heavy atom. The van der Waals surface area contributed by atoms with Gasteiger partial charge in [0.1, 0.15) is 12.6 Å². The number of esters is 2. The average molecular weight is 647 g/mol. The number of hydrogen-bond acceptors (Lipinski definition) is 5. The van der Waals surface area contributed by atoms with E-state index in [0.717, 1.165) is 0 Å². The van der Waals surface area contributed by atoms with Crippen molar-refractivity contribution in [2.24, 2.45) is 0 Å². The average Bonchev–Trinajstić information content (AvgIpc) is 2.88. The second kappa shape index (κ2) is 12.1. The van der Waals surface area contributed by atoms with Gasteiger partial charge in [0.15, 0.2) is 0 Å². The number of benzene rings is 1. The number of methoxy groups -OCH3 is 1. The van der Waals surface area contributed by atoms with E-state index >= 15 is 0 Å². The van der Waals surface area contributed by atoms with Crippen molar-refractivity contribution in [3.63, 3.8) is 0 Å². The number of hydrogen-bond donors (Lipinski definition) is 1. The molecule has 0 saturated carbocycles. The zero-order valence-electron chi connectivity index (χ0n) is 20.3. The Morgan fingerprint density at radius 3 is 1.62 bits per heavy atom. The van der Waals surface area contributed by atoms with Gasteiger partial charge in [-0.3, -0.25) is 9.59 Å². The second-order valence-corrected chi connectivity index (χ2v) is 8.18. The lowest BCUT2D eigenvalue weighted by molar-refractivity contribution is -0.449. The van der Waals surface area contributed by atoms with E-state index in [0.29, 0.717) is 18.0 Å². The van der Waals surface area contributed by atoms with Crippen molar-refractivity contribution in [2.45, 2.75) is 67.2 Å². The van der Waals surface area contributed by atoms with Gasteiger partial charge in [-0.15, -0.1) is 0 Å². The van der Waals surface area contributed by atoms with Gasteiger partial charge >= 0.3 is 53.7 Å². The molecule has 1 unspecified atom stereocenters. The molecule has 1 aromatic rings. The van der Waals surface area contributed by atoms with Crippen LogP contribution >= 0.6 is 0 Å². The van der Waals surface area contributed by atoms with Crippen LogP contribution in [0, 0.1) is 0 Å². The minimum Gasteiger partial charge on any atom is -0.467 e. The van der Waals surface area contributed by atoms with Gasteiger partial charge in [-0.25, -0.2) is 4.79 Å². The standard InChI is InChI=1S/C21H16F15NO5/c1-41-13(39)11(7-8-12(38)42-9-10-5-3-2-4-6-10)37-14(40)15(22,23)16(24,25)17(26,27)18(28,29)19(30,31)20(32,33)21(34,35)36/h2-6,11H,7-9H2,1H3,(H,37,40). The fraction of sp³-hybridized carbons (Fsp3) is 0.571. The molecule has 240 valence electrons. The molecule has 42 heavy (non-hydrogen) atoms. The first-order valence-electron chi connectivity index (χ1n) is 10.7. The minimum absolute atomic E-state index is 0.402. The number of carbonyl (C=O) groups is 3. The van der Waals surface area contributed by atoms with Crippen LogP contribution in [0.1, 0.15) is 18.4 Å². The number of alkyl halides is 15. The summed E-state index contributed by atoms with van der Waals surface area (Å²) in [5.74, 6) is -56.0. The summed E-state index contributed by atoms with van der Waals surface area (Å²) in [4.78, 5) is 35.3. The van der Waals surface area contributed by atoms with Gasteiger partial charge in [-0.1, -0.05) is 30.3 Å². The number of rotatable bonds is 13. The molecular weight excluding hydrogens is 631 g/mol. The van der Waals surface area contributed by atoms with Crippen LogP contribution in [0.4, 0.5) is 65.9 Å². The predicted octanol–water partition coefficient (Wildman–Crippen LogP) is 5.54. The van der Waals surface area contributed by atoms with Gasteiger partial charge in [0.25, 0.3) is 5.91 Å². The van der Waals surface area contributed by atoms with Gasteiger partial charge < -0.3 is 14.8 Å². The van der Waals surface area contributed by atoms with Crippen molar-refractivity contribution >= 4 is 17.8 Å². The van der Waals surface area contributed by atoms with Crippen molar-refractivity contribution in [1.29, 1.82) is 0 Å². The van der Waals surface area contributed by atoms with E-state index in [2.05, 4.69) is 4.74 Å². The molecule has 0 aromatic heterocycles. The molecule has 0 radical (unpaired) electrons. The Hall–Kier alpha value is -3.42. The zero-order chi connectivity index (χ0) is 33.2. The van der Waals surface area contributed by atoms with Crippen LogP contribution in [0.5, 0.6) is 0 Å². The first-order chi connectivity index (χ1) is 18.7. The zero-order valence-corrected chi connectivity index (χ0v) is 20.3. The van der Waals surface area contributed by atoms with Crippen LogP contribution in [0.2, 0.25) is 0 Å². The fourth-order valence-corrected chi connectivity index (χ4v) is 2.82. The molecule has 1 amide bonds. The lowest BCUT2D eigenvalue weighted by atomic mass is 9.90. The van der Waals surface area contributed by atoms with E-state index in [1.165, 1.54) is 24.3 Å². The molecule has 0 saturated heterocycles. The highest BCUT2D eigenvalue weighted by Crippen LogP contribution is 2.62. The maximum Gasteiger partial charge on any atom is 0.460 e. The molecular formula is C21H16F15NO5. The summed E-state index contributed by atoms with van der Waals surface area (Å²) in [6, 6.07) is 4.92. The molecule has 0 aliphatic carbocycles. The monoisotopic (exact) mass is 647 g/mol. The van der Waals surface area contributed by atoms with Crippen LogP contribution < -0.4 is 5.32 Å². The molecule has 6 nitrogen and oxygen atoms in total. The number of nitrogens with one attached hydrogen (secondary N) is 1. The number of amides is 1. The van der Waals surface area contributed by atoms with Gasteiger partial charge in [0.2, 0.25) is 0 Å². The smallest absolute Gasteiger partial charge is 0.460 e. The largest absolute Gasteiger partial charge is 0.467 e. The number of ether oxygens (including phenoxy) is 2. The lowest BCUT2D eigenvalue weighted by Crippen LogP contribution is -2.74. The molecule has 1 N–H and O–H groups in total. The summed E-state index contributed by atoms with van der Waals surface area (Å²) < 4.78 is 208. The maximum absolute atomic E-state index is 14.1. The van der Waals surface area contributed by atoms with Crippen molar-refractivity contribution in [3.8, 4) is 0 Å². The van der Waals surface area contributed by atoms with Crippen LogP contribution in [0.15, 0.2) is 30.3 Å². The molecule has 0 bridgehead atoms. The summed E-state index contributed by atoms with van der Waals surface area (Å²) in [6.07, 6.45) is -9.96. The van der Waals surface area contributed by atoms with Gasteiger partial charge in [-0.05, 0) is 12.0 Å². The molecule has 0 spiro atoms. The first kappa shape index (κ1) is 36.6. The summed E-state index contributed by atoms with van der Waals surface area (Å²) in [5.41, 5.74) is 0.404. The minimum atomic E-state index is -8.59. The third kappa shape index (κ3) is 6.47. The predicted molar refractivity (Wildman–Crippen MR) is 105 cm³/mol. The molecule has 1 atom stereocenters. The van der Waals surface area contributed by atoms with E-state index < -0.39 is 85.0 Å². The second-order valence-electron chi connectivity index (χ2n) is 8.18. The van der Waals surface area contributed by atoms with Gasteiger partial charge in [-0.2, -0.15) is 65.9 Å². The molecule has 0 heterocycles. The van der Waals surface area contributed by atoms with E-state index in [4.69, 9.17) is 4.74 Å². The van der Waals surface area contributed by atoms with Gasteiger partial charge in [0.05, 0.1) is 7.11 Å². The molecule has 0 fully saturated rings. The van der Waals surface area contributed by atoms with Crippen molar-refractivity contribution in [2.75, 3.05) is 7.11 Å². The topological polar surface area (TPSA) is 81.7 Å². The maximum atomic E-state index is 14.1. The van der Waals surface area contributed by atoms with Crippen LogP contribution in [-0.4, -0.2) is 72.7 Å². The van der Waals surface area contributed by atoms with E-state index in [1.807, 2.05) is 0 Å². The number of halogens is 15. The third-order valence-electron chi connectivity index (χ3n) is 5.28. The quantitative estimate of drug-likeness (QED) is 0.225. The lowest BCUT2D eigenvalue weighted by Gasteiger charge is -2.41. The van der Waals surface area contributed by atoms with Crippen molar-refractivity contribution < 1.29 is 89.7 Å². The first-order valence-corrected chi connectivity index (χ1v) is 10.7. The Kier molecular flexibility index (Phi) is 10.5. The summed E-state index contributed by atoms with van der Waals surface area (Å²) in [6.45, 7) is -0.402. The summed E-state index contributed by atoms with van der Waals surface area (Å²) in [5, 5.41) is 0.615. The molecule has 21 heteroatoms. The highest BCUT2D eigenvalue weighted by atomic mass is 19.4. The Balaban J connectivity index is 3.23. The normalized spacial score (nSPS) is 14.7. The van der Waals surface area contributed by atoms with E-state index in [9.17, 15) is 80.2 Å². The van der Waals surface area contributed by atoms with Crippen LogP contribution in [-0.2, 0) is 30.5 Å². The highest BCUT2D eigenvalue weighted by molar-refractivity contribution is 5.89. The van der Waals surface area contributed by atoms with Crippen molar-refractivity contribution in [1.82, 2.24) is 5.32 Å². The van der Waals surface area contributed by atoms with E-state index in [1.54, 1.807) is 6.07 Å². The third-order valence-corrected chi connectivity index (χ3v) is 5.28. The van der Waals surface area contributed by atoms with E-state index in [-0.39, 0.29) is 0 Å². The molecule has 1 aromatic carbocycles. The van der Waals surface area contributed by atoms with Crippen molar-refractivity contribution in [3.05, 3.63) is 35.9 Å². The molecule has 0 aliphatic rings. The highest BCUT2D eigenvalue weighted by Gasteiger charge is 2.94. The summed E-state index contributed by atoms with van der Waals surface area (Å²) >= 11 is 0. The Bertz CT molecular complexity index is 1120. The molecule has 0 aliphatic heterocycles. The van der Waals surface area contributed by atoms with Gasteiger partial charge in [0, 0.05) is 6.42 Å². The fourth-order valence-electron chi connectivity index (χ4n) is 2.82. The van der Waals surface area contributed by atoms with Crippen LogP contribution in [0.25, 0.3) is 0 Å². The Labute approximate surface area is 224 Å². The number of carbonyl (C=O) groups excluding carboxylic acids is 3. The molecule has 1 rings (SSSR count). The Morgan fingerprint density at radius 1 is 0.714 bits per heavy atom. The van der Waals surface area contributed by atoms with Crippen LogP contribution in [0.3, 0.4) is 0 Å². The SMILES string of the molecule is COC(=O)C(CCC(=O)OCc1ccccc1)NC(=O)C(F)(F)C(F)(F)C(F)(F)C(F)(F)C(F)(F)C(F)(F)C(F)(F)F.